The maximum Gasteiger partial charge on any atom is 0.339 e. The van der Waals surface area contributed by atoms with Crippen LogP contribution in [0, 0.1) is 5.82 Å². The fourth-order valence-electron chi connectivity index (χ4n) is 1.39. The Hall–Kier alpha value is -1.37. The van der Waals surface area contributed by atoms with Crippen LogP contribution in [-0.2, 0) is 0 Å². The zero-order chi connectivity index (χ0) is 12.3. The number of hydrogen-bond acceptors (Lipinski definition) is 4. The van der Waals surface area contributed by atoms with Gasteiger partial charge in [0.05, 0.1) is 0 Å². The summed E-state index contributed by atoms with van der Waals surface area (Å²) >= 11 is 0. The monoisotopic (exact) mass is 265 g/mol. The van der Waals surface area contributed by atoms with Gasteiger partial charge in [-0.3, -0.25) is 0 Å². The Balaban J connectivity index is 0.00000256. The van der Waals surface area contributed by atoms with E-state index in [4.69, 9.17) is 15.9 Å². The van der Waals surface area contributed by atoms with E-state index < -0.39 is 29.1 Å². The van der Waals surface area contributed by atoms with E-state index in [0.29, 0.717) is 0 Å². The lowest BCUT2D eigenvalue weighted by Crippen LogP contribution is -2.15. The second-order valence-electron chi connectivity index (χ2n) is 3.28. The molecule has 0 unspecified atom stereocenters. The van der Waals surface area contributed by atoms with Gasteiger partial charge in [0.1, 0.15) is 17.1 Å². The van der Waals surface area contributed by atoms with Gasteiger partial charge in [0.2, 0.25) is 0 Å². The van der Waals surface area contributed by atoms with Crippen molar-refractivity contribution in [1.82, 2.24) is 0 Å². The molecule has 0 amide bonds. The standard InChI is InChI=1S/C10H12FNO4.ClH/c11-6-2-1-5(10(15)16)9(14)8(6)7(12)3-4-13;/h1-2,7,13-14H,3-4,12H2,(H,15,16);1H/t7-;/m0./s1. The summed E-state index contributed by atoms with van der Waals surface area (Å²) in [5, 5.41) is 26.9. The third kappa shape index (κ3) is 3.29. The molecule has 17 heavy (non-hydrogen) atoms. The van der Waals surface area contributed by atoms with Crippen molar-refractivity contribution < 1.29 is 24.5 Å². The van der Waals surface area contributed by atoms with Crippen molar-refractivity contribution in [3.8, 4) is 5.75 Å². The Morgan fingerprint density at radius 1 is 1.47 bits per heavy atom. The van der Waals surface area contributed by atoms with E-state index >= 15 is 0 Å². The summed E-state index contributed by atoms with van der Waals surface area (Å²) in [6, 6.07) is 0.946. The van der Waals surface area contributed by atoms with Gasteiger partial charge in [0, 0.05) is 18.2 Å². The SMILES string of the molecule is Cl.N[C@@H](CCO)c1c(F)ccc(C(=O)O)c1O. The van der Waals surface area contributed by atoms with Gasteiger partial charge in [-0.2, -0.15) is 0 Å². The number of rotatable bonds is 4. The van der Waals surface area contributed by atoms with E-state index in [9.17, 15) is 14.3 Å². The molecule has 0 radical (unpaired) electrons. The van der Waals surface area contributed by atoms with E-state index in [1.165, 1.54) is 0 Å². The Morgan fingerprint density at radius 3 is 2.53 bits per heavy atom. The first kappa shape index (κ1) is 15.6. The largest absolute Gasteiger partial charge is 0.507 e. The fourth-order valence-corrected chi connectivity index (χ4v) is 1.39. The maximum atomic E-state index is 13.4. The molecule has 0 aliphatic carbocycles. The second kappa shape index (κ2) is 6.39. The summed E-state index contributed by atoms with van der Waals surface area (Å²) in [4.78, 5) is 10.7. The number of halogens is 2. The van der Waals surface area contributed by atoms with E-state index in [0.717, 1.165) is 12.1 Å². The molecule has 0 aliphatic heterocycles. The smallest absolute Gasteiger partial charge is 0.339 e. The number of benzene rings is 1. The van der Waals surface area contributed by atoms with Crippen LogP contribution in [0.2, 0.25) is 0 Å². The van der Waals surface area contributed by atoms with E-state index in [1.807, 2.05) is 0 Å². The molecular weight excluding hydrogens is 253 g/mol. The number of aromatic hydroxyl groups is 1. The minimum absolute atomic E-state index is 0. The molecule has 0 heterocycles. The minimum atomic E-state index is -1.37. The zero-order valence-electron chi connectivity index (χ0n) is 8.76. The number of carboxylic acid groups (broad SMARTS) is 1. The molecule has 1 rings (SSSR count). The average molecular weight is 266 g/mol. The van der Waals surface area contributed by atoms with Gasteiger partial charge in [-0.25, -0.2) is 9.18 Å². The van der Waals surface area contributed by atoms with Gasteiger partial charge < -0.3 is 21.1 Å². The molecule has 0 bridgehead atoms. The van der Waals surface area contributed by atoms with Crippen molar-refractivity contribution in [3.63, 3.8) is 0 Å². The number of aliphatic hydroxyl groups is 1. The normalized spacial score (nSPS) is 11.7. The summed E-state index contributed by atoms with van der Waals surface area (Å²) < 4.78 is 13.4. The van der Waals surface area contributed by atoms with Crippen LogP contribution in [0.1, 0.15) is 28.4 Å². The number of hydrogen-bond donors (Lipinski definition) is 4. The quantitative estimate of drug-likeness (QED) is 0.651. The van der Waals surface area contributed by atoms with Crippen LogP contribution in [0.5, 0.6) is 5.75 Å². The predicted octanol–water partition coefficient (Wildman–Crippen LogP) is 1.03. The molecule has 0 aromatic heterocycles. The van der Waals surface area contributed by atoms with Crippen LogP contribution in [-0.4, -0.2) is 27.9 Å². The Bertz CT molecular complexity index is 414. The summed E-state index contributed by atoms with van der Waals surface area (Å²) in [6.45, 7) is -0.280. The Morgan fingerprint density at radius 2 is 2.06 bits per heavy atom. The summed E-state index contributed by atoms with van der Waals surface area (Å²) in [5.74, 6) is -2.84. The van der Waals surface area contributed by atoms with Crippen molar-refractivity contribution in [2.45, 2.75) is 12.5 Å². The molecule has 96 valence electrons. The molecule has 0 aliphatic rings. The first-order valence-electron chi connectivity index (χ1n) is 4.60. The van der Waals surface area contributed by atoms with Gasteiger partial charge in [0.15, 0.2) is 0 Å². The highest BCUT2D eigenvalue weighted by Crippen LogP contribution is 2.30. The highest BCUT2D eigenvalue weighted by atomic mass is 35.5. The number of nitrogens with two attached hydrogens (primary N) is 1. The van der Waals surface area contributed by atoms with Crippen LogP contribution >= 0.6 is 12.4 Å². The topological polar surface area (TPSA) is 104 Å². The zero-order valence-corrected chi connectivity index (χ0v) is 9.58. The summed E-state index contributed by atoms with van der Waals surface area (Å²) in [7, 11) is 0. The molecule has 0 saturated heterocycles. The van der Waals surface area contributed by atoms with Crippen LogP contribution in [0.15, 0.2) is 12.1 Å². The third-order valence-corrected chi connectivity index (χ3v) is 2.21. The first-order valence-corrected chi connectivity index (χ1v) is 4.60. The molecule has 1 atom stereocenters. The van der Waals surface area contributed by atoms with E-state index in [1.54, 1.807) is 0 Å². The lowest BCUT2D eigenvalue weighted by Gasteiger charge is -2.14. The number of aliphatic hydroxyl groups excluding tert-OH is 1. The van der Waals surface area contributed by atoms with Gasteiger partial charge in [-0.1, -0.05) is 0 Å². The summed E-state index contributed by atoms with van der Waals surface area (Å²) in [6.07, 6.45) is 0.0353. The van der Waals surface area contributed by atoms with Crippen molar-refractivity contribution in [3.05, 3.63) is 29.1 Å². The molecule has 1 aromatic carbocycles. The summed E-state index contributed by atoms with van der Waals surface area (Å²) in [5.41, 5.74) is 4.83. The number of carboxylic acids is 1. The highest BCUT2D eigenvalue weighted by Gasteiger charge is 2.21. The van der Waals surface area contributed by atoms with Crippen LogP contribution in [0.25, 0.3) is 0 Å². The Kier molecular flexibility index (Phi) is 5.87. The molecule has 1 aromatic rings. The van der Waals surface area contributed by atoms with Crippen LogP contribution < -0.4 is 5.73 Å². The molecule has 0 saturated carbocycles. The predicted molar refractivity (Wildman–Crippen MR) is 60.9 cm³/mol. The average Bonchev–Trinajstić information content (AvgIpc) is 2.17. The van der Waals surface area contributed by atoms with E-state index in [-0.39, 0.29) is 31.0 Å². The second-order valence-corrected chi connectivity index (χ2v) is 3.28. The molecule has 0 fully saturated rings. The molecule has 7 heteroatoms. The van der Waals surface area contributed by atoms with Crippen molar-refractivity contribution in [1.29, 1.82) is 0 Å². The molecule has 5 N–H and O–H groups in total. The van der Waals surface area contributed by atoms with E-state index in [2.05, 4.69) is 0 Å². The highest BCUT2D eigenvalue weighted by molar-refractivity contribution is 5.91. The molecule has 0 spiro atoms. The lowest BCUT2D eigenvalue weighted by molar-refractivity contribution is 0.0693. The van der Waals surface area contributed by atoms with Gasteiger partial charge in [0.25, 0.3) is 0 Å². The number of carbonyl (C=O) groups is 1. The number of phenols is 1. The van der Waals surface area contributed by atoms with Gasteiger partial charge >= 0.3 is 5.97 Å². The third-order valence-electron chi connectivity index (χ3n) is 2.21. The van der Waals surface area contributed by atoms with Crippen LogP contribution in [0.4, 0.5) is 4.39 Å². The minimum Gasteiger partial charge on any atom is -0.507 e. The van der Waals surface area contributed by atoms with Crippen molar-refractivity contribution in [2.24, 2.45) is 5.73 Å². The van der Waals surface area contributed by atoms with Gasteiger partial charge in [-0.15, -0.1) is 12.4 Å². The molecular formula is C10H13ClFNO4. The van der Waals surface area contributed by atoms with Crippen LogP contribution in [0.3, 0.4) is 0 Å². The van der Waals surface area contributed by atoms with Crippen molar-refractivity contribution >= 4 is 18.4 Å². The molecule has 5 nitrogen and oxygen atoms in total. The lowest BCUT2D eigenvalue weighted by atomic mass is 10.00. The number of aromatic carboxylic acids is 1. The fraction of sp³-hybridized carbons (Fsp3) is 0.300. The van der Waals surface area contributed by atoms with Crippen molar-refractivity contribution in [2.75, 3.05) is 6.61 Å². The maximum absolute atomic E-state index is 13.4. The first-order chi connectivity index (χ1) is 7.49. The Labute approximate surface area is 103 Å². The van der Waals surface area contributed by atoms with Gasteiger partial charge in [-0.05, 0) is 18.6 Å².